The number of fused-ring (bicyclic) bond motifs is 1. The molecule has 0 spiro atoms. The Morgan fingerprint density at radius 2 is 1.71 bits per heavy atom. The van der Waals surface area contributed by atoms with Crippen molar-refractivity contribution in [3.05, 3.63) is 53.6 Å². The van der Waals surface area contributed by atoms with Gasteiger partial charge in [0.05, 0.1) is 18.0 Å². The Morgan fingerprint density at radius 3 is 2.46 bits per heavy atom. The SMILES string of the molecule is NS(=O)(=O)c1ccc(CCNC(=O)C(=O)NC[C@H]2OCCN2C(=O)c2ccc3c(c2)OCO3)cc1. The number of nitrogens with zero attached hydrogens (tertiary/aromatic N) is 1. The highest BCUT2D eigenvalue weighted by atomic mass is 32.2. The maximum Gasteiger partial charge on any atom is 0.309 e. The molecule has 13 heteroatoms. The van der Waals surface area contributed by atoms with E-state index >= 15 is 0 Å². The Labute approximate surface area is 201 Å². The van der Waals surface area contributed by atoms with Gasteiger partial charge in [0.15, 0.2) is 11.5 Å². The molecular formula is C22H24N4O8S. The lowest BCUT2D eigenvalue weighted by Crippen LogP contribution is -2.47. The number of primary sulfonamides is 1. The molecule has 0 unspecified atom stereocenters. The Kier molecular flexibility index (Phi) is 7.19. The first-order valence-corrected chi connectivity index (χ1v) is 12.3. The molecule has 0 radical (unpaired) electrons. The van der Waals surface area contributed by atoms with E-state index in [2.05, 4.69) is 10.6 Å². The summed E-state index contributed by atoms with van der Waals surface area (Å²) in [5.41, 5.74) is 1.15. The molecule has 2 aliphatic rings. The molecule has 2 aromatic rings. The maximum atomic E-state index is 12.9. The van der Waals surface area contributed by atoms with E-state index in [0.717, 1.165) is 5.56 Å². The number of carbonyl (C=O) groups excluding carboxylic acids is 3. The van der Waals surface area contributed by atoms with Gasteiger partial charge in [-0.05, 0) is 42.3 Å². The molecule has 12 nitrogen and oxygen atoms in total. The van der Waals surface area contributed by atoms with Crippen LogP contribution in [-0.2, 0) is 30.8 Å². The molecule has 2 heterocycles. The molecule has 1 atom stereocenters. The second-order valence-electron chi connectivity index (χ2n) is 7.80. The average Bonchev–Trinajstić information content (AvgIpc) is 3.50. The average molecular weight is 505 g/mol. The monoisotopic (exact) mass is 504 g/mol. The van der Waals surface area contributed by atoms with Crippen molar-refractivity contribution in [3.63, 3.8) is 0 Å². The fourth-order valence-electron chi connectivity index (χ4n) is 3.62. The van der Waals surface area contributed by atoms with Crippen LogP contribution in [0.2, 0.25) is 0 Å². The van der Waals surface area contributed by atoms with Gasteiger partial charge in [0.2, 0.25) is 16.8 Å². The van der Waals surface area contributed by atoms with Crippen molar-refractivity contribution in [2.45, 2.75) is 17.5 Å². The van der Waals surface area contributed by atoms with E-state index in [1.165, 1.54) is 17.0 Å². The lowest BCUT2D eigenvalue weighted by molar-refractivity contribution is -0.139. The number of benzene rings is 2. The summed E-state index contributed by atoms with van der Waals surface area (Å²) in [4.78, 5) is 38.7. The molecule has 1 fully saturated rings. The molecule has 4 N–H and O–H groups in total. The van der Waals surface area contributed by atoms with Crippen LogP contribution in [0.25, 0.3) is 0 Å². The Bertz CT molecular complexity index is 1230. The van der Waals surface area contributed by atoms with Crippen LogP contribution >= 0.6 is 0 Å². The van der Waals surface area contributed by atoms with E-state index in [4.69, 9.17) is 19.3 Å². The fourth-order valence-corrected chi connectivity index (χ4v) is 4.14. The minimum Gasteiger partial charge on any atom is -0.454 e. The third-order valence-electron chi connectivity index (χ3n) is 5.47. The van der Waals surface area contributed by atoms with Crippen LogP contribution in [0.4, 0.5) is 0 Å². The van der Waals surface area contributed by atoms with E-state index in [1.54, 1.807) is 30.3 Å². The number of rotatable bonds is 7. The van der Waals surface area contributed by atoms with Crippen molar-refractivity contribution in [1.29, 1.82) is 0 Å². The summed E-state index contributed by atoms with van der Waals surface area (Å²) >= 11 is 0. The van der Waals surface area contributed by atoms with Crippen LogP contribution in [-0.4, -0.2) is 70.3 Å². The lowest BCUT2D eigenvalue weighted by Gasteiger charge is -2.23. The summed E-state index contributed by atoms with van der Waals surface area (Å²) in [5, 5.41) is 10.0. The van der Waals surface area contributed by atoms with Gasteiger partial charge in [0.25, 0.3) is 5.91 Å². The van der Waals surface area contributed by atoms with Crippen molar-refractivity contribution in [3.8, 4) is 11.5 Å². The van der Waals surface area contributed by atoms with E-state index in [-0.39, 0.29) is 30.7 Å². The van der Waals surface area contributed by atoms with Crippen LogP contribution < -0.4 is 25.2 Å². The van der Waals surface area contributed by atoms with Crippen LogP contribution in [0.1, 0.15) is 15.9 Å². The number of amides is 3. The predicted octanol–water partition coefficient (Wildman–Crippen LogP) is -0.664. The van der Waals surface area contributed by atoms with Gasteiger partial charge in [-0.2, -0.15) is 0 Å². The number of sulfonamides is 1. The number of carbonyl (C=O) groups is 3. The third-order valence-corrected chi connectivity index (χ3v) is 6.39. The summed E-state index contributed by atoms with van der Waals surface area (Å²) < 4.78 is 38.7. The summed E-state index contributed by atoms with van der Waals surface area (Å²) in [7, 11) is -3.77. The first-order valence-electron chi connectivity index (χ1n) is 10.7. The number of hydrogen-bond donors (Lipinski definition) is 3. The van der Waals surface area contributed by atoms with Gasteiger partial charge in [-0.25, -0.2) is 13.6 Å². The van der Waals surface area contributed by atoms with E-state index < -0.39 is 28.1 Å². The normalized spacial score (nSPS) is 16.7. The smallest absolute Gasteiger partial charge is 0.309 e. The third kappa shape index (κ3) is 5.88. The van der Waals surface area contributed by atoms with Crippen molar-refractivity contribution < 1.29 is 37.0 Å². The molecular weight excluding hydrogens is 480 g/mol. The summed E-state index contributed by atoms with van der Waals surface area (Å²) in [6.45, 7) is 0.839. The molecule has 2 aromatic carbocycles. The van der Waals surface area contributed by atoms with Gasteiger partial charge in [-0.1, -0.05) is 12.1 Å². The molecule has 186 valence electrons. The summed E-state index contributed by atoms with van der Waals surface area (Å²) in [5.74, 6) is -0.941. The first-order chi connectivity index (χ1) is 16.7. The van der Waals surface area contributed by atoms with Crippen molar-refractivity contribution in [2.75, 3.05) is 33.0 Å². The van der Waals surface area contributed by atoms with Gasteiger partial charge in [-0.15, -0.1) is 0 Å². The van der Waals surface area contributed by atoms with Crippen molar-refractivity contribution >= 4 is 27.7 Å². The van der Waals surface area contributed by atoms with Crippen LogP contribution in [0.3, 0.4) is 0 Å². The van der Waals surface area contributed by atoms with Gasteiger partial charge < -0.3 is 29.7 Å². The fraction of sp³-hybridized carbons (Fsp3) is 0.318. The van der Waals surface area contributed by atoms with Crippen LogP contribution in [0.5, 0.6) is 11.5 Å². The number of nitrogens with one attached hydrogen (secondary N) is 2. The lowest BCUT2D eigenvalue weighted by atomic mass is 10.1. The predicted molar refractivity (Wildman–Crippen MR) is 121 cm³/mol. The van der Waals surface area contributed by atoms with Crippen LogP contribution in [0, 0.1) is 0 Å². The number of ether oxygens (including phenoxy) is 3. The maximum absolute atomic E-state index is 12.9. The Morgan fingerprint density at radius 1 is 1.00 bits per heavy atom. The first kappa shape index (κ1) is 24.4. The standard InChI is InChI=1S/C22H24N4O8S/c23-35(30,31)16-4-1-14(2-5-16)7-8-24-20(27)21(28)25-12-19-26(9-10-32-19)22(29)15-3-6-17-18(11-15)34-13-33-17/h1-6,11,19H,7-10,12-13H2,(H,24,27)(H,25,28)(H2,23,30,31)/t19-/m1/s1. The zero-order chi connectivity index (χ0) is 25.0. The molecule has 1 saturated heterocycles. The highest BCUT2D eigenvalue weighted by Gasteiger charge is 2.32. The second-order valence-corrected chi connectivity index (χ2v) is 9.36. The zero-order valence-corrected chi connectivity index (χ0v) is 19.4. The highest BCUT2D eigenvalue weighted by molar-refractivity contribution is 7.89. The summed E-state index contributed by atoms with van der Waals surface area (Å²) in [6.07, 6.45) is -0.338. The van der Waals surface area contributed by atoms with Gasteiger partial charge in [0.1, 0.15) is 6.23 Å². The molecule has 0 aliphatic carbocycles. The second kappa shape index (κ2) is 10.3. The van der Waals surface area contributed by atoms with E-state index in [9.17, 15) is 22.8 Å². The van der Waals surface area contributed by atoms with Gasteiger partial charge >= 0.3 is 11.8 Å². The molecule has 3 amide bonds. The number of nitrogens with two attached hydrogens (primary N) is 1. The van der Waals surface area contributed by atoms with Crippen molar-refractivity contribution in [2.24, 2.45) is 5.14 Å². The molecule has 35 heavy (non-hydrogen) atoms. The molecule has 2 aliphatic heterocycles. The zero-order valence-electron chi connectivity index (χ0n) is 18.6. The molecule has 0 saturated carbocycles. The highest BCUT2D eigenvalue weighted by Crippen LogP contribution is 2.33. The number of hydrogen-bond acceptors (Lipinski definition) is 8. The Hall–Kier alpha value is -3.68. The topological polar surface area (TPSA) is 166 Å². The molecule has 0 bridgehead atoms. The minimum atomic E-state index is -3.77. The quantitative estimate of drug-likeness (QED) is 0.418. The van der Waals surface area contributed by atoms with E-state index in [0.29, 0.717) is 36.6 Å². The summed E-state index contributed by atoms with van der Waals surface area (Å²) in [6, 6.07) is 10.8. The Balaban J connectivity index is 1.23. The molecule has 0 aromatic heterocycles. The van der Waals surface area contributed by atoms with E-state index in [1.807, 2.05) is 0 Å². The largest absolute Gasteiger partial charge is 0.454 e. The molecule has 4 rings (SSSR count). The van der Waals surface area contributed by atoms with Crippen molar-refractivity contribution in [1.82, 2.24) is 15.5 Å². The van der Waals surface area contributed by atoms with Crippen LogP contribution in [0.15, 0.2) is 47.4 Å². The van der Waals surface area contributed by atoms with Gasteiger partial charge in [0, 0.05) is 18.7 Å². The minimum absolute atomic E-state index is 0.00940. The van der Waals surface area contributed by atoms with Gasteiger partial charge in [-0.3, -0.25) is 14.4 Å².